The van der Waals surface area contributed by atoms with Crippen LogP contribution in [0.3, 0.4) is 0 Å². The quantitative estimate of drug-likeness (QED) is 0.309. The monoisotopic (exact) mass is 720 g/mol. The van der Waals surface area contributed by atoms with Gasteiger partial charge in [0.25, 0.3) is 11.8 Å². The molecule has 0 saturated carbocycles. The van der Waals surface area contributed by atoms with Crippen LogP contribution in [-0.2, 0) is 31.2 Å². The van der Waals surface area contributed by atoms with E-state index in [1.54, 1.807) is 18.7 Å². The number of imidazole rings is 1. The highest BCUT2D eigenvalue weighted by Gasteiger charge is 2.51. The van der Waals surface area contributed by atoms with Crippen molar-refractivity contribution < 1.29 is 41.9 Å². The second kappa shape index (κ2) is 13.0. The molecule has 17 heteroatoms. The molecule has 49 heavy (non-hydrogen) atoms. The number of nitrogens with zero attached hydrogens (tertiary/aromatic N) is 5. The third-order valence-corrected chi connectivity index (χ3v) is 9.09. The largest absolute Gasteiger partial charge is 0.573 e. The van der Waals surface area contributed by atoms with Crippen molar-refractivity contribution in [3.8, 4) is 5.75 Å². The number of anilines is 2. The zero-order valence-corrected chi connectivity index (χ0v) is 27.6. The minimum absolute atomic E-state index is 0.0364. The summed E-state index contributed by atoms with van der Waals surface area (Å²) in [5, 5.41) is 7.06. The topological polar surface area (TPSA) is 135 Å². The van der Waals surface area contributed by atoms with E-state index >= 15 is 0 Å². The number of ether oxygens (including phenoxy) is 1. The fourth-order valence-electron chi connectivity index (χ4n) is 6.43. The van der Waals surface area contributed by atoms with Crippen LogP contribution in [0.15, 0.2) is 53.8 Å². The standard InChI is InChI=1S/C32H29Cl2F3N6O6/c1-17(28(46)41-9-3-4-19(16-41)24-13-26(44)49-40-24)39-27(45)25-15-38-30-42(22-11-20(33)10-21(34)12-22)29(47)31(2,43(25)30)14-18-5-7-23(8-6-18)48-32(35,36)37/h5-8,10-12,15,17,19H,3-4,9,13-14,16H2,1-2H3,(H,39,45)/t17?,19-,31-/m1/s1. The summed E-state index contributed by atoms with van der Waals surface area (Å²) in [6.45, 7) is 3.88. The van der Waals surface area contributed by atoms with Crippen LogP contribution in [0.1, 0.15) is 49.2 Å². The number of hydrogen-bond donors (Lipinski definition) is 1. The third kappa shape index (κ3) is 6.95. The number of fused-ring (bicyclic) bond motifs is 1. The summed E-state index contributed by atoms with van der Waals surface area (Å²) in [5.41, 5.74) is -0.225. The first-order chi connectivity index (χ1) is 23.1. The Morgan fingerprint density at radius 2 is 1.84 bits per heavy atom. The van der Waals surface area contributed by atoms with Crippen LogP contribution in [0.4, 0.5) is 24.8 Å². The molecular weight excluding hydrogens is 692 g/mol. The molecule has 1 N–H and O–H groups in total. The molecule has 3 aliphatic heterocycles. The van der Waals surface area contributed by atoms with Gasteiger partial charge >= 0.3 is 12.3 Å². The van der Waals surface area contributed by atoms with Gasteiger partial charge in [0.1, 0.15) is 23.0 Å². The second-order valence-corrected chi connectivity index (χ2v) is 13.1. The molecule has 3 atom stereocenters. The number of carbonyl (C=O) groups is 4. The van der Waals surface area contributed by atoms with Gasteiger partial charge in [-0.1, -0.05) is 40.5 Å². The van der Waals surface area contributed by atoms with Crippen LogP contribution in [0, 0.1) is 5.92 Å². The number of halogens is 5. The fourth-order valence-corrected chi connectivity index (χ4v) is 6.95. The second-order valence-electron chi connectivity index (χ2n) is 12.2. The molecule has 3 aromatic rings. The number of aromatic nitrogens is 2. The fraction of sp³-hybridized carbons (Fsp3) is 0.375. The summed E-state index contributed by atoms with van der Waals surface area (Å²) in [6, 6.07) is 8.56. The molecule has 1 aromatic heterocycles. The van der Waals surface area contributed by atoms with Gasteiger partial charge in [0.15, 0.2) is 0 Å². The van der Waals surface area contributed by atoms with Crippen molar-refractivity contribution >= 4 is 64.2 Å². The minimum Gasteiger partial charge on any atom is -0.406 e. The van der Waals surface area contributed by atoms with Crippen molar-refractivity contribution in [3.05, 3.63) is 70.0 Å². The van der Waals surface area contributed by atoms with Crippen LogP contribution in [0.25, 0.3) is 0 Å². The minimum atomic E-state index is -4.88. The Morgan fingerprint density at radius 1 is 1.14 bits per heavy atom. The van der Waals surface area contributed by atoms with Crippen LogP contribution in [-0.4, -0.2) is 69.3 Å². The van der Waals surface area contributed by atoms with E-state index in [2.05, 4.69) is 20.2 Å². The maximum absolute atomic E-state index is 14.3. The lowest BCUT2D eigenvalue weighted by atomic mass is 9.91. The third-order valence-electron chi connectivity index (χ3n) is 8.66. The Balaban J connectivity index is 1.28. The molecule has 1 saturated heterocycles. The first-order valence-corrected chi connectivity index (χ1v) is 16.0. The van der Waals surface area contributed by atoms with E-state index in [9.17, 15) is 32.3 Å². The average molecular weight is 722 g/mol. The van der Waals surface area contributed by atoms with Gasteiger partial charge in [-0.15, -0.1) is 13.2 Å². The van der Waals surface area contributed by atoms with Gasteiger partial charge in [-0.05, 0) is 62.6 Å². The highest BCUT2D eigenvalue weighted by molar-refractivity contribution is 6.35. The summed E-state index contributed by atoms with van der Waals surface area (Å²) in [4.78, 5) is 65.1. The van der Waals surface area contributed by atoms with E-state index < -0.39 is 41.5 Å². The lowest BCUT2D eigenvalue weighted by Crippen LogP contribution is -2.51. The summed E-state index contributed by atoms with van der Waals surface area (Å²) in [6.07, 6.45) is -2.18. The van der Waals surface area contributed by atoms with Crippen LogP contribution < -0.4 is 15.0 Å². The van der Waals surface area contributed by atoms with Gasteiger partial charge in [0.2, 0.25) is 11.9 Å². The molecule has 1 unspecified atom stereocenters. The van der Waals surface area contributed by atoms with Gasteiger partial charge in [-0.2, -0.15) is 0 Å². The average Bonchev–Trinajstić information content (AvgIpc) is 3.72. The first-order valence-electron chi connectivity index (χ1n) is 15.2. The van der Waals surface area contributed by atoms with E-state index in [0.717, 1.165) is 18.6 Å². The van der Waals surface area contributed by atoms with Gasteiger partial charge in [0.05, 0.1) is 24.0 Å². The number of oxime groups is 1. The van der Waals surface area contributed by atoms with Crippen molar-refractivity contribution in [2.24, 2.45) is 11.1 Å². The van der Waals surface area contributed by atoms with E-state index in [-0.39, 0.29) is 52.0 Å². The first kappa shape index (κ1) is 34.2. The number of rotatable bonds is 8. The number of hydrogen-bond acceptors (Lipinski definition) is 8. The molecule has 0 spiro atoms. The van der Waals surface area contributed by atoms with Gasteiger partial charge in [-0.25, -0.2) is 14.7 Å². The van der Waals surface area contributed by atoms with Crippen molar-refractivity contribution in [2.45, 2.75) is 57.5 Å². The zero-order valence-electron chi connectivity index (χ0n) is 26.1. The number of nitrogens with one attached hydrogen (secondary N) is 1. The molecule has 0 bridgehead atoms. The highest BCUT2D eigenvalue weighted by atomic mass is 35.5. The van der Waals surface area contributed by atoms with Gasteiger partial charge in [0, 0.05) is 35.5 Å². The summed E-state index contributed by atoms with van der Waals surface area (Å²) in [7, 11) is 0. The smallest absolute Gasteiger partial charge is 0.406 e. The van der Waals surface area contributed by atoms with Crippen LogP contribution in [0.2, 0.25) is 10.0 Å². The van der Waals surface area contributed by atoms with Crippen molar-refractivity contribution in [3.63, 3.8) is 0 Å². The van der Waals surface area contributed by atoms with E-state index in [1.165, 1.54) is 46.0 Å². The zero-order chi connectivity index (χ0) is 35.2. The lowest BCUT2D eigenvalue weighted by Gasteiger charge is -2.34. The summed E-state index contributed by atoms with van der Waals surface area (Å²) in [5.74, 6) is -2.50. The highest BCUT2D eigenvalue weighted by Crippen LogP contribution is 2.43. The number of likely N-dealkylation sites (tertiary alicyclic amines) is 1. The number of benzene rings is 2. The molecule has 258 valence electrons. The normalized spacial score (nSPS) is 21.3. The Hall–Kier alpha value is -4.63. The molecule has 1 fully saturated rings. The molecule has 0 radical (unpaired) electrons. The molecule has 3 amide bonds. The molecule has 3 aliphatic rings. The molecular formula is C32H29Cl2F3N6O6. The Labute approximate surface area is 287 Å². The predicted octanol–water partition coefficient (Wildman–Crippen LogP) is 5.38. The van der Waals surface area contributed by atoms with Crippen LogP contribution in [0.5, 0.6) is 5.75 Å². The molecule has 12 nitrogen and oxygen atoms in total. The molecule has 4 heterocycles. The van der Waals surface area contributed by atoms with Gasteiger partial charge in [-0.3, -0.25) is 19.0 Å². The van der Waals surface area contributed by atoms with Gasteiger partial charge < -0.3 is 19.8 Å². The number of alkyl halides is 3. The van der Waals surface area contributed by atoms with Crippen molar-refractivity contribution in [2.75, 3.05) is 18.0 Å². The molecule has 2 aromatic carbocycles. The van der Waals surface area contributed by atoms with E-state index in [4.69, 9.17) is 28.0 Å². The summed E-state index contributed by atoms with van der Waals surface area (Å²) >= 11 is 12.5. The summed E-state index contributed by atoms with van der Waals surface area (Å²) < 4.78 is 43.7. The Bertz CT molecular complexity index is 1850. The predicted molar refractivity (Wildman–Crippen MR) is 171 cm³/mol. The number of piperidine rings is 1. The molecule has 6 rings (SSSR count). The van der Waals surface area contributed by atoms with Crippen LogP contribution >= 0.6 is 23.2 Å². The Morgan fingerprint density at radius 3 is 2.47 bits per heavy atom. The maximum Gasteiger partial charge on any atom is 0.573 e. The van der Waals surface area contributed by atoms with E-state index in [0.29, 0.717) is 30.8 Å². The number of carbonyl (C=O) groups excluding carboxylic acids is 4. The van der Waals surface area contributed by atoms with Crippen molar-refractivity contribution in [1.29, 1.82) is 0 Å². The lowest BCUT2D eigenvalue weighted by molar-refractivity contribution is -0.274. The SMILES string of the molecule is CC(NC(=O)c1cnc2n1[C@](C)(Cc1ccc(OC(F)(F)F)cc1)C(=O)N2c1cc(Cl)cc(Cl)c1)C(=O)N1CCC[C@@H](C2=NOC(=O)C2)C1. The molecule has 0 aliphatic carbocycles. The van der Waals surface area contributed by atoms with Crippen molar-refractivity contribution in [1.82, 2.24) is 19.8 Å². The number of amides is 3. The Kier molecular flexibility index (Phi) is 9.09. The van der Waals surface area contributed by atoms with E-state index in [1.807, 2.05) is 0 Å². The maximum atomic E-state index is 14.3.